The van der Waals surface area contributed by atoms with Crippen molar-refractivity contribution in [3.8, 4) is 0 Å². The molecule has 1 aromatic rings. The minimum atomic E-state index is -0.232. The highest BCUT2D eigenvalue weighted by Crippen LogP contribution is 2.28. The largest absolute Gasteiger partial charge is 0.392 e. The van der Waals surface area contributed by atoms with Crippen LogP contribution in [-0.4, -0.2) is 53.6 Å². The van der Waals surface area contributed by atoms with E-state index in [1.807, 2.05) is 18.2 Å². The molecule has 2 atom stereocenters. The van der Waals surface area contributed by atoms with Gasteiger partial charge >= 0.3 is 0 Å². The van der Waals surface area contributed by atoms with E-state index in [1.54, 1.807) is 0 Å². The first kappa shape index (κ1) is 25.0. The molecule has 0 radical (unpaired) electrons. The van der Waals surface area contributed by atoms with Crippen LogP contribution in [0.25, 0.3) is 0 Å². The molecule has 3 aliphatic rings. The lowest BCUT2D eigenvalue weighted by atomic mass is 9.83. The van der Waals surface area contributed by atoms with Gasteiger partial charge in [-0.2, -0.15) is 27.0 Å². The number of carbonyl (C=O) groups excluding carboxylic acids is 2. The van der Waals surface area contributed by atoms with Gasteiger partial charge in [-0.3, -0.25) is 14.5 Å². The van der Waals surface area contributed by atoms with Crippen LogP contribution in [0.5, 0.6) is 0 Å². The topological polar surface area (TPSA) is 81.7 Å². The van der Waals surface area contributed by atoms with Gasteiger partial charge < -0.3 is 15.7 Å². The Bertz CT molecular complexity index is 740. The Morgan fingerprint density at radius 3 is 2.67 bits per heavy atom. The second kappa shape index (κ2) is 11.4. The summed E-state index contributed by atoms with van der Waals surface area (Å²) in [6, 6.07) is 5.96. The summed E-state index contributed by atoms with van der Waals surface area (Å²) in [4.78, 5) is 26.6. The monoisotopic (exact) mass is 453 g/mol. The summed E-state index contributed by atoms with van der Waals surface area (Å²) in [6.45, 7) is 2.45. The van der Waals surface area contributed by atoms with Gasteiger partial charge in [-0.15, -0.1) is 0 Å². The molecule has 1 aromatic carbocycles. The molecule has 2 amide bonds. The van der Waals surface area contributed by atoms with Gasteiger partial charge in [0.25, 0.3) is 0 Å². The predicted octanol–water partition coefficient (Wildman–Crippen LogP) is 2.08. The van der Waals surface area contributed by atoms with Crippen LogP contribution < -0.4 is 10.6 Å². The van der Waals surface area contributed by atoms with Gasteiger partial charge in [0.1, 0.15) is 0 Å². The van der Waals surface area contributed by atoms with Crippen LogP contribution in [0.1, 0.15) is 49.7 Å². The first-order chi connectivity index (χ1) is 13.6. The highest BCUT2D eigenvalue weighted by Gasteiger charge is 2.30. The van der Waals surface area contributed by atoms with Crippen molar-refractivity contribution in [2.45, 2.75) is 63.5 Å². The molecule has 4 rings (SSSR count). The van der Waals surface area contributed by atoms with Crippen molar-refractivity contribution in [2.24, 2.45) is 5.92 Å². The van der Waals surface area contributed by atoms with E-state index < -0.39 is 0 Å². The molecule has 2 aliphatic heterocycles. The Morgan fingerprint density at radius 2 is 1.97 bits per heavy atom. The molecule has 168 valence electrons. The molecule has 1 saturated carbocycles. The number of rotatable bonds is 6. The number of nitrogens with one attached hydrogen (secondary N) is 2. The van der Waals surface area contributed by atoms with Crippen LogP contribution in [0.3, 0.4) is 0 Å². The molecule has 6 nitrogen and oxygen atoms in total. The smallest absolute Gasteiger partial charge is 0.228 e. The number of β-amino-alcohol motifs (C(OH)–C–C–N with tert-alkyl or cyclic N) is 1. The van der Waals surface area contributed by atoms with Crippen molar-refractivity contribution < 1.29 is 14.7 Å². The molecular weight excluding hydrogens is 418 g/mol. The molecule has 0 unspecified atom stereocenters. The summed E-state index contributed by atoms with van der Waals surface area (Å²) < 4.78 is 0. The number of hydrogen-bond donors (Lipinski definition) is 3. The highest BCUT2D eigenvalue weighted by atomic mass is 32.1. The van der Waals surface area contributed by atoms with Crippen LogP contribution in [0.2, 0.25) is 0 Å². The van der Waals surface area contributed by atoms with Crippen molar-refractivity contribution in [1.82, 2.24) is 10.2 Å². The van der Waals surface area contributed by atoms with Gasteiger partial charge in [-0.25, -0.2) is 0 Å². The predicted molar refractivity (Wildman–Crippen MR) is 129 cm³/mol. The Morgan fingerprint density at radius 1 is 1.20 bits per heavy atom. The molecule has 3 N–H and O–H groups in total. The molecule has 2 heterocycles. The lowest BCUT2D eigenvalue weighted by Crippen LogP contribution is -2.48. The number of benzene rings is 1. The maximum Gasteiger partial charge on any atom is 0.228 e. The number of hydrogen-bond acceptors (Lipinski definition) is 4. The number of aliphatic hydroxyl groups excluding tert-OH is 1. The zero-order chi connectivity index (χ0) is 19.5. The second-order valence-corrected chi connectivity index (χ2v) is 8.67. The maximum absolute atomic E-state index is 12.8. The molecule has 2 fully saturated rings. The third-order valence-corrected chi connectivity index (χ3v) is 6.43. The SMILES string of the molecule is O=C1Cc2ccc(CC(=O)N[C@H](CN3CC[C@H](O)C3)C3CCCCC3)cc2N1.S.S. The van der Waals surface area contributed by atoms with E-state index in [4.69, 9.17) is 0 Å². The van der Waals surface area contributed by atoms with E-state index in [9.17, 15) is 14.7 Å². The van der Waals surface area contributed by atoms with Gasteiger partial charge in [0.2, 0.25) is 11.8 Å². The molecule has 0 bridgehead atoms. The lowest BCUT2D eigenvalue weighted by molar-refractivity contribution is -0.121. The average molecular weight is 454 g/mol. The van der Waals surface area contributed by atoms with E-state index in [0.29, 0.717) is 25.3 Å². The summed E-state index contributed by atoms with van der Waals surface area (Å²) in [5.41, 5.74) is 2.77. The second-order valence-electron chi connectivity index (χ2n) is 8.67. The Balaban J connectivity index is 0.00000160. The highest BCUT2D eigenvalue weighted by molar-refractivity contribution is 7.59. The molecule has 0 aromatic heterocycles. The normalized spacial score (nSPS) is 22.4. The van der Waals surface area contributed by atoms with Gasteiger partial charge in [-0.05, 0) is 42.4 Å². The fourth-order valence-corrected chi connectivity index (χ4v) is 4.92. The number of anilines is 1. The minimum absolute atomic E-state index is 0. The first-order valence-corrected chi connectivity index (χ1v) is 10.7. The van der Waals surface area contributed by atoms with Gasteiger partial charge in [0, 0.05) is 31.4 Å². The summed E-state index contributed by atoms with van der Waals surface area (Å²) in [7, 11) is 0. The Kier molecular flexibility index (Phi) is 9.53. The summed E-state index contributed by atoms with van der Waals surface area (Å²) in [5.74, 6) is 0.580. The summed E-state index contributed by atoms with van der Waals surface area (Å²) in [6.07, 6.45) is 7.46. The van der Waals surface area contributed by atoms with Gasteiger partial charge in [0.05, 0.1) is 18.9 Å². The maximum atomic E-state index is 12.8. The number of fused-ring (bicyclic) bond motifs is 1. The van der Waals surface area contributed by atoms with Crippen molar-refractivity contribution in [3.63, 3.8) is 0 Å². The van der Waals surface area contributed by atoms with Gasteiger partial charge in [0.15, 0.2) is 0 Å². The van der Waals surface area contributed by atoms with Crippen LogP contribution in [0, 0.1) is 5.92 Å². The third-order valence-electron chi connectivity index (χ3n) is 6.43. The van der Waals surface area contributed by atoms with Crippen molar-refractivity contribution in [2.75, 3.05) is 25.0 Å². The number of amides is 2. The van der Waals surface area contributed by atoms with Crippen LogP contribution in [-0.2, 0) is 22.4 Å². The van der Waals surface area contributed by atoms with Crippen LogP contribution >= 0.6 is 27.0 Å². The Labute approximate surface area is 193 Å². The quantitative estimate of drug-likeness (QED) is 0.616. The molecule has 1 aliphatic carbocycles. The number of carbonyl (C=O) groups is 2. The van der Waals surface area contributed by atoms with Crippen LogP contribution in [0.15, 0.2) is 18.2 Å². The molecule has 30 heavy (non-hydrogen) atoms. The van der Waals surface area contributed by atoms with Crippen molar-refractivity contribution in [1.29, 1.82) is 0 Å². The average Bonchev–Trinajstić information content (AvgIpc) is 3.25. The van der Waals surface area contributed by atoms with E-state index in [1.165, 1.54) is 32.1 Å². The minimum Gasteiger partial charge on any atom is -0.392 e. The molecule has 8 heteroatoms. The number of likely N-dealkylation sites (tertiary alicyclic amines) is 1. The molecule has 1 saturated heterocycles. The van der Waals surface area contributed by atoms with Gasteiger partial charge in [-0.1, -0.05) is 31.4 Å². The summed E-state index contributed by atoms with van der Waals surface area (Å²) in [5, 5.41) is 16.0. The first-order valence-electron chi connectivity index (χ1n) is 10.7. The van der Waals surface area contributed by atoms with E-state index in [0.717, 1.165) is 36.3 Å². The zero-order valence-corrected chi connectivity index (χ0v) is 19.5. The Hall–Kier alpha value is -1.22. The van der Waals surface area contributed by atoms with Crippen molar-refractivity contribution >= 4 is 44.5 Å². The zero-order valence-electron chi connectivity index (χ0n) is 17.5. The van der Waals surface area contributed by atoms with Crippen LogP contribution in [0.4, 0.5) is 5.69 Å². The van der Waals surface area contributed by atoms with E-state index in [-0.39, 0.29) is 51.0 Å². The lowest BCUT2D eigenvalue weighted by Gasteiger charge is -2.33. The fourth-order valence-electron chi connectivity index (χ4n) is 4.92. The number of aliphatic hydroxyl groups is 1. The van der Waals surface area contributed by atoms with Crippen molar-refractivity contribution in [3.05, 3.63) is 29.3 Å². The molecule has 0 spiro atoms. The third kappa shape index (κ3) is 6.39. The fraction of sp³-hybridized carbons (Fsp3) is 0.636. The summed E-state index contributed by atoms with van der Waals surface area (Å²) >= 11 is 0. The molecular formula is C22H35N3O3S2. The number of nitrogens with zero attached hydrogens (tertiary/aromatic N) is 1. The van der Waals surface area contributed by atoms with E-state index in [2.05, 4.69) is 15.5 Å². The standard InChI is InChI=1S/C22H31N3O3.2H2S/c26-18-8-9-25(13-18)14-20(16-4-2-1-3-5-16)24-21(27)11-15-6-7-17-12-22(28)23-19(17)10-15;;/h6-7,10,16,18,20,26H,1-5,8-9,11-14H2,(H,23,28)(H,24,27);2*1H2/t18-,20+;;/m0../s1. The van der Waals surface area contributed by atoms with E-state index >= 15 is 0 Å².